The highest BCUT2D eigenvalue weighted by Gasteiger charge is 2.10. The average Bonchev–Trinajstić information content (AvgIpc) is 2.85. The molecular weight excluding hydrogens is 277 g/mol. The topological polar surface area (TPSA) is 42.4 Å². The molecule has 0 aliphatic rings. The minimum Gasteiger partial charge on any atom is -0.487 e. The first kappa shape index (κ1) is 14.9. The summed E-state index contributed by atoms with van der Waals surface area (Å²) >= 11 is 1.60. The molecule has 0 aliphatic heterocycles. The highest BCUT2D eigenvalue weighted by atomic mass is 32.1. The number of thiazole rings is 1. The van der Waals surface area contributed by atoms with Crippen LogP contribution in [0, 0.1) is 5.82 Å². The summed E-state index contributed by atoms with van der Waals surface area (Å²) in [5.74, 6) is 0.376. The minimum absolute atomic E-state index is 0.271. The van der Waals surface area contributed by atoms with Gasteiger partial charge in [0.1, 0.15) is 18.2 Å². The van der Waals surface area contributed by atoms with Gasteiger partial charge in [-0.05, 0) is 19.1 Å². The molecule has 1 N–H and O–H groups in total. The second-order valence-corrected chi connectivity index (χ2v) is 5.87. The van der Waals surface area contributed by atoms with E-state index in [2.05, 4.69) is 18.8 Å². The monoisotopic (exact) mass is 295 g/mol. The molecule has 0 saturated heterocycles. The lowest BCUT2D eigenvalue weighted by molar-refractivity contribution is 0.193. The van der Waals surface area contributed by atoms with Gasteiger partial charge >= 0.3 is 0 Å². The van der Waals surface area contributed by atoms with Gasteiger partial charge in [-0.3, -0.25) is 0 Å². The summed E-state index contributed by atoms with van der Waals surface area (Å²) in [4.78, 5) is 4.45. The molecule has 1 aromatic carbocycles. The third-order valence-electron chi connectivity index (χ3n) is 2.87. The number of nitrogens with zero attached hydrogens (tertiary/aromatic N) is 1. The number of halogens is 1. The van der Waals surface area contributed by atoms with Gasteiger partial charge in [0.05, 0.1) is 16.8 Å². The van der Waals surface area contributed by atoms with Gasteiger partial charge < -0.3 is 9.84 Å². The minimum atomic E-state index is -0.823. The fraction of sp³-hybridized carbons (Fsp3) is 0.400. The Kier molecular flexibility index (Phi) is 4.73. The number of rotatable bonds is 5. The van der Waals surface area contributed by atoms with Crippen molar-refractivity contribution >= 4 is 11.3 Å². The van der Waals surface area contributed by atoms with Crippen molar-refractivity contribution in [1.29, 1.82) is 0 Å². The summed E-state index contributed by atoms with van der Waals surface area (Å²) in [5.41, 5.74) is 1.12. The van der Waals surface area contributed by atoms with Gasteiger partial charge in [0.2, 0.25) is 0 Å². The zero-order valence-electron chi connectivity index (χ0n) is 11.8. The van der Waals surface area contributed by atoms with Crippen molar-refractivity contribution in [2.75, 3.05) is 0 Å². The molecule has 1 aromatic heterocycles. The fourth-order valence-electron chi connectivity index (χ4n) is 1.75. The first-order chi connectivity index (χ1) is 9.47. The van der Waals surface area contributed by atoms with Crippen molar-refractivity contribution in [1.82, 2.24) is 4.98 Å². The quantitative estimate of drug-likeness (QED) is 0.905. The van der Waals surface area contributed by atoms with E-state index < -0.39 is 11.9 Å². The molecule has 0 saturated carbocycles. The van der Waals surface area contributed by atoms with Crippen molar-refractivity contribution < 1.29 is 14.2 Å². The van der Waals surface area contributed by atoms with Crippen LogP contribution in [0.3, 0.4) is 0 Å². The Morgan fingerprint density at radius 2 is 2.10 bits per heavy atom. The summed E-state index contributed by atoms with van der Waals surface area (Å²) in [6, 6.07) is 4.48. The predicted molar refractivity (Wildman–Crippen MR) is 77.6 cm³/mol. The summed E-state index contributed by atoms with van der Waals surface area (Å²) < 4.78 is 19.2. The maximum absolute atomic E-state index is 13.7. The zero-order chi connectivity index (χ0) is 14.7. The molecule has 2 aromatic rings. The Morgan fingerprint density at radius 1 is 1.35 bits per heavy atom. The number of benzene rings is 1. The van der Waals surface area contributed by atoms with E-state index in [1.165, 1.54) is 19.1 Å². The highest BCUT2D eigenvalue weighted by Crippen LogP contribution is 2.23. The van der Waals surface area contributed by atoms with Crippen LogP contribution in [0.2, 0.25) is 0 Å². The third kappa shape index (κ3) is 3.55. The number of aliphatic hydroxyl groups is 1. The van der Waals surface area contributed by atoms with E-state index in [9.17, 15) is 9.50 Å². The predicted octanol–water partition coefficient (Wildman–Crippen LogP) is 4.04. The lowest BCUT2D eigenvalue weighted by Crippen LogP contribution is -2.00. The molecule has 2 rings (SSSR count). The Hall–Kier alpha value is -1.46. The Labute approximate surface area is 122 Å². The van der Waals surface area contributed by atoms with Gasteiger partial charge in [-0.25, -0.2) is 9.37 Å². The summed E-state index contributed by atoms with van der Waals surface area (Å²) in [5, 5.41) is 12.4. The lowest BCUT2D eigenvalue weighted by Gasteiger charge is -2.09. The van der Waals surface area contributed by atoms with Gasteiger partial charge in [0.15, 0.2) is 0 Å². The van der Waals surface area contributed by atoms with E-state index in [1.807, 2.05) is 5.38 Å². The van der Waals surface area contributed by atoms with Crippen LogP contribution in [0.5, 0.6) is 5.75 Å². The van der Waals surface area contributed by atoms with Gasteiger partial charge in [0, 0.05) is 22.9 Å². The lowest BCUT2D eigenvalue weighted by atomic mass is 10.1. The maximum atomic E-state index is 13.7. The van der Waals surface area contributed by atoms with E-state index in [-0.39, 0.29) is 5.56 Å². The molecular formula is C15H18FNO2S. The van der Waals surface area contributed by atoms with Crippen LogP contribution in [-0.4, -0.2) is 10.1 Å². The average molecular weight is 295 g/mol. The van der Waals surface area contributed by atoms with E-state index in [0.29, 0.717) is 18.3 Å². The molecule has 1 unspecified atom stereocenters. The highest BCUT2D eigenvalue weighted by molar-refractivity contribution is 7.09. The molecule has 0 bridgehead atoms. The molecule has 1 atom stereocenters. The molecule has 0 aliphatic carbocycles. The van der Waals surface area contributed by atoms with E-state index in [1.54, 1.807) is 17.4 Å². The van der Waals surface area contributed by atoms with Crippen molar-refractivity contribution in [2.45, 2.75) is 39.4 Å². The number of hydrogen-bond donors (Lipinski definition) is 1. The molecule has 20 heavy (non-hydrogen) atoms. The van der Waals surface area contributed by atoms with Crippen LogP contribution in [-0.2, 0) is 6.61 Å². The number of aromatic nitrogens is 1. The first-order valence-electron chi connectivity index (χ1n) is 6.52. The van der Waals surface area contributed by atoms with Crippen molar-refractivity contribution in [3.63, 3.8) is 0 Å². The van der Waals surface area contributed by atoms with Crippen LogP contribution < -0.4 is 4.74 Å². The second-order valence-electron chi connectivity index (χ2n) is 4.98. The summed E-state index contributed by atoms with van der Waals surface area (Å²) in [6.07, 6.45) is -0.823. The first-order valence-corrected chi connectivity index (χ1v) is 7.40. The Morgan fingerprint density at radius 3 is 2.65 bits per heavy atom. The SMILES string of the molecule is CC(C)c1nc(COc2ccc(C(C)O)c(F)c2)cs1. The molecule has 0 fully saturated rings. The van der Waals surface area contributed by atoms with Gasteiger partial charge in [-0.2, -0.15) is 0 Å². The van der Waals surface area contributed by atoms with Gasteiger partial charge in [-0.15, -0.1) is 11.3 Å². The van der Waals surface area contributed by atoms with Crippen molar-refractivity contribution in [3.8, 4) is 5.75 Å². The van der Waals surface area contributed by atoms with Gasteiger partial charge in [-0.1, -0.05) is 13.8 Å². The Balaban J connectivity index is 2.01. The normalized spacial score (nSPS) is 12.7. The van der Waals surface area contributed by atoms with Gasteiger partial charge in [0.25, 0.3) is 0 Å². The zero-order valence-corrected chi connectivity index (χ0v) is 12.6. The fourth-order valence-corrected chi connectivity index (χ4v) is 2.57. The van der Waals surface area contributed by atoms with E-state index in [4.69, 9.17) is 4.74 Å². The molecule has 3 nitrogen and oxygen atoms in total. The van der Waals surface area contributed by atoms with Crippen LogP contribution in [0.15, 0.2) is 23.6 Å². The van der Waals surface area contributed by atoms with Crippen LogP contribution in [0.1, 0.15) is 49.1 Å². The summed E-state index contributed by atoms with van der Waals surface area (Å²) in [7, 11) is 0. The summed E-state index contributed by atoms with van der Waals surface area (Å²) in [6.45, 7) is 6.03. The van der Waals surface area contributed by atoms with Crippen LogP contribution >= 0.6 is 11.3 Å². The van der Waals surface area contributed by atoms with Crippen molar-refractivity contribution in [3.05, 3.63) is 45.7 Å². The number of hydrogen-bond acceptors (Lipinski definition) is 4. The number of ether oxygens (including phenoxy) is 1. The Bertz CT molecular complexity index is 581. The standard InChI is InChI=1S/C15H18FNO2S/c1-9(2)15-17-11(8-20-15)7-19-12-4-5-13(10(3)18)14(16)6-12/h4-6,8-10,18H,7H2,1-3H3. The molecule has 5 heteroatoms. The maximum Gasteiger partial charge on any atom is 0.132 e. The van der Waals surface area contributed by atoms with E-state index >= 15 is 0 Å². The largest absolute Gasteiger partial charge is 0.487 e. The smallest absolute Gasteiger partial charge is 0.132 e. The molecule has 108 valence electrons. The van der Waals surface area contributed by atoms with E-state index in [0.717, 1.165) is 10.7 Å². The third-order valence-corrected chi connectivity index (χ3v) is 4.07. The molecule has 0 amide bonds. The van der Waals surface area contributed by atoms with Crippen LogP contribution in [0.25, 0.3) is 0 Å². The molecule has 0 radical (unpaired) electrons. The van der Waals surface area contributed by atoms with Crippen LogP contribution in [0.4, 0.5) is 4.39 Å². The van der Waals surface area contributed by atoms with Crippen molar-refractivity contribution in [2.24, 2.45) is 0 Å². The molecule has 1 heterocycles. The second kappa shape index (κ2) is 6.33. The molecule has 0 spiro atoms. The number of aliphatic hydroxyl groups excluding tert-OH is 1.